The van der Waals surface area contributed by atoms with Crippen LogP contribution in [0.5, 0.6) is 0 Å². The molecule has 0 aliphatic heterocycles. The Morgan fingerprint density at radius 1 is 1.24 bits per heavy atom. The predicted molar refractivity (Wildman–Crippen MR) is 90.5 cm³/mol. The molecule has 9 heteroatoms. The van der Waals surface area contributed by atoms with Gasteiger partial charge < -0.3 is 10.6 Å². The summed E-state index contributed by atoms with van der Waals surface area (Å²) in [5.41, 5.74) is -0.272. The van der Waals surface area contributed by atoms with Crippen molar-refractivity contribution in [2.45, 2.75) is 32.6 Å². The second-order valence-corrected chi connectivity index (χ2v) is 6.34. The number of aryl methyl sites for hydroxylation is 1. The molecule has 1 aromatic heterocycles. The van der Waals surface area contributed by atoms with Gasteiger partial charge in [-0.25, -0.2) is 8.78 Å². The average molecular weight is 368 g/mol. The summed E-state index contributed by atoms with van der Waals surface area (Å²) in [5.74, 6) is -2.75. The van der Waals surface area contributed by atoms with Crippen molar-refractivity contribution >= 4 is 28.3 Å². The lowest BCUT2D eigenvalue weighted by atomic mass is 10.2. The van der Waals surface area contributed by atoms with E-state index in [9.17, 15) is 18.4 Å². The van der Waals surface area contributed by atoms with Crippen LogP contribution in [0, 0.1) is 11.6 Å². The monoisotopic (exact) mass is 368 g/mol. The maximum atomic E-state index is 13.5. The molecule has 0 unspecified atom stereocenters. The van der Waals surface area contributed by atoms with Crippen molar-refractivity contribution in [2.75, 3.05) is 11.9 Å². The summed E-state index contributed by atoms with van der Waals surface area (Å²) in [5, 5.41) is 14.2. The van der Waals surface area contributed by atoms with Gasteiger partial charge >= 0.3 is 0 Å². The van der Waals surface area contributed by atoms with Crippen molar-refractivity contribution in [1.82, 2.24) is 15.5 Å². The van der Waals surface area contributed by atoms with E-state index in [0.717, 1.165) is 36.4 Å². The second-order valence-electron chi connectivity index (χ2n) is 5.28. The molecule has 1 aromatic carbocycles. The van der Waals surface area contributed by atoms with E-state index in [1.54, 1.807) is 0 Å². The highest BCUT2D eigenvalue weighted by atomic mass is 32.1. The van der Waals surface area contributed by atoms with Gasteiger partial charge in [0.2, 0.25) is 11.0 Å². The first kappa shape index (κ1) is 18.9. The number of carbonyl (C=O) groups excluding carboxylic acids is 2. The van der Waals surface area contributed by atoms with E-state index in [-0.39, 0.29) is 24.4 Å². The largest absolute Gasteiger partial charge is 0.351 e. The number of unbranched alkanes of at least 4 members (excludes halogenated alkanes) is 1. The Morgan fingerprint density at radius 2 is 2.04 bits per heavy atom. The fourth-order valence-corrected chi connectivity index (χ4v) is 2.77. The number of aromatic nitrogens is 2. The van der Waals surface area contributed by atoms with Crippen molar-refractivity contribution in [3.8, 4) is 0 Å². The normalized spacial score (nSPS) is 10.5. The number of rotatable bonds is 8. The van der Waals surface area contributed by atoms with Crippen molar-refractivity contribution in [2.24, 2.45) is 0 Å². The van der Waals surface area contributed by atoms with Crippen LogP contribution >= 0.6 is 11.3 Å². The summed E-state index contributed by atoms with van der Waals surface area (Å²) in [7, 11) is 0. The van der Waals surface area contributed by atoms with Crippen molar-refractivity contribution in [3.05, 3.63) is 40.4 Å². The molecule has 0 aliphatic carbocycles. The van der Waals surface area contributed by atoms with Crippen molar-refractivity contribution in [1.29, 1.82) is 0 Å². The van der Waals surface area contributed by atoms with Crippen LogP contribution in [0.25, 0.3) is 0 Å². The van der Waals surface area contributed by atoms with Crippen LogP contribution in [0.1, 0.15) is 41.6 Å². The van der Waals surface area contributed by atoms with Gasteiger partial charge in [0.15, 0.2) is 0 Å². The average Bonchev–Trinajstić information content (AvgIpc) is 3.00. The summed E-state index contributed by atoms with van der Waals surface area (Å²) >= 11 is 1.31. The number of hydrogen-bond donors (Lipinski definition) is 2. The Kier molecular flexibility index (Phi) is 6.93. The smallest absolute Gasteiger partial charge is 0.254 e. The number of amides is 2. The minimum Gasteiger partial charge on any atom is -0.351 e. The number of nitrogens with zero attached hydrogens (tertiary/aromatic N) is 2. The van der Waals surface area contributed by atoms with Crippen LogP contribution in [-0.2, 0) is 11.2 Å². The quantitative estimate of drug-likeness (QED) is 0.750. The lowest BCUT2D eigenvalue weighted by Crippen LogP contribution is -2.28. The van der Waals surface area contributed by atoms with Crippen LogP contribution in [-0.4, -0.2) is 28.6 Å². The molecule has 0 radical (unpaired) electrons. The fraction of sp³-hybridized carbons (Fsp3) is 0.375. The Bertz CT molecular complexity index is 751. The van der Waals surface area contributed by atoms with Gasteiger partial charge in [0.25, 0.3) is 5.91 Å². The zero-order chi connectivity index (χ0) is 18.2. The van der Waals surface area contributed by atoms with Crippen LogP contribution in [0.15, 0.2) is 18.2 Å². The Morgan fingerprint density at radius 3 is 2.76 bits per heavy atom. The first-order valence-corrected chi connectivity index (χ1v) is 8.66. The van der Waals surface area contributed by atoms with Gasteiger partial charge in [-0.1, -0.05) is 24.7 Å². The zero-order valence-corrected chi connectivity index (χ0v) is 14.5. The number of benzene rings is 1. The van der Waals surface area contributed by atoms with Gasteiger partial charge in [-0.3, -0.25) is 9.59 Å². The van der Waals surface area contributed by atoms with E-state index in [1.807, 2.05) is 0 Å². The van der Waals surface area contributed by atoms with Gasteiger partial charge in [0, 0.05) is 25.5 Å². The van der Waals surface area contributed by atoms with Gasteiger partial charge in [-0.2, -0.15) is 0 Å². The number of carbonyl (C=O) groups is 2. The molecular weight excluding hydrogens is 350 g/mol. The number of hydrogen-bond acceptors (Lipinski definition) is 5. The number of nitrogens with one attached hydrogen (secondary N) is 2. The minimum absolute atomic E-state index is 0.00156. The minimum atomic E-state index is -0.949. The molecule has 0 aliphatic rings. The zero-order valence-electron chi connectivity index (χ0n) is 13.6. The Hall–Kier alpha value is -2.42. The molecule has 1 heterocycles. The highest BCUT2D eigenvalue weighted by Gasteiger charge is 2.13. The van der Waals surface area contributed by atoms with Gasteiger partial charge in [0.05, 0.1) is 5.56 Å². The standard InChI is InChI=1S/C16H18F2N4O2S/c1-2-3-4-14-21-22-16(25-14)20-13(23)7-8-19-15(24)11-6-5-10(17)9-12(11)18/h5-6,9H,2-4,7-8H2,1H3,(H,19,24)(H,20,22,23). The molecule has 0 bridgehead atoms. The van der Waals surface area contributed by atoms with E-state index in [0.29, 0.717) is 11.2 Å². The Labute approximate surface area is 147 Å². The first-order chi connectivity index (χ1) is 12.0. The highest BCUT2D eigenvalue weighted by Crippen LogP contribution is 2.17. The third-order valence-electron chi connectivity index (χ3n) is 3.27. The second kappa shape index (κ2) is 9.16. The molecule has 0 saturated carbocycles. The third kappa shape index (κ3) is 5.86. The number of anilines is 1. The van der Waals surface area contributed by atoms with E-state index >= 15 is 0 Å². The fourth-order valence-electron chi connectivity index (χ4n) is 1.97. The molecule has 2 N–H and O–H groups in total. The summed E-state index contributed by atoms with van der Waals surface area (Å²) in [6, 6.07) is 2.68. The summed E-state index contributed by atoms with van der Waals surface area (Å²) < 4.78 is 26.3. The lowest BCUT2D eigenvalue weighted by molar-refractivity contribution is -0.116. The molecule has 0 fully saturated rings. The summed E-state index contributed by atoms with van der Waals surface area (Å²) in [4.78, 5) is 23.6. The molecule has 2 aromatic rings. The van der Waals surface area contributed by atoms with E-state index in [1.165, 1.54) is 11.3 Å². The Balaban J connectivity index is 1.76. The molecule has 0 atom stereocenters. The summed E-state index contributed by atoms with van der Waals surface area (Å²) in [6.07, 6.45) is 2.88. The summed E-state index contributed by atoms with van der Waals surface area (Å²) in [6.45, 7) is 2.10. The van der Waals surface area contributed by atoms with Crippen LogP contribution in [0.3, 0.4) is 0 Å². The topological polar surface area (TPSA) is 84.0 Å². The maximum absolute atomic E-state index is 13.5. The molecule has 134 valence electrons. The molecular formula is C16H18F2N4O2S. The van der Waals surface area contributed by atoms with Crippen molar-refractivity contribution in [3.63, 3.8) is 0 Å². The predicted octanol–water partition coefficient (Wildman–Crippen LogP) is 2.92. The molecule has 0 spiro atoms. The van der Waals surface area contributed by atoms with E-state index in [4.69, 9.17) is 0 Å². The molecule has 25 heavy (non-hydrogen) atoms. The third-order valence-corrected chi connectivity index (χ3v) is 4.17. The SMILES string of the molecule is CCCCc1nnc(NC(=O)CCNC(=O)c2ccc(F)cc2F)s1. The lowest BCUT2D eigenvalue weighted by Gasteiger charge is -2.06. The highest BCUT2D eigenvalue weighted by molar-refractivity contribution is 7.15. The van der Waals surface area contributed by atoms with Crippen LogP contribution in [0.2, 0.25) is 0 Å². The van der Waals surface area contributed by atoms with E-state index in [2.05, 4.69) is 27.8 Å². The van der Waals surface area contributed by atoms with Crippen LogP contribution in [0.4, 0.5) is 13.9 Å². The van der Waals surface area contributed by atoms with Crippen LogP contribution < -0.4 is 10.6 Å². The van der Waals surface area contributed by atoms with Gasteiger partial charge in [-0.05, 0) is 18.6 Å². The van der Waals surface area contributed by atoms with Gasteiger partial charge in [-0.15, -0.1) is 10.2 Å². The maximum Gasteiger partial charge on any atom is 0.254 e. The number of halogens is 2. The molecule has 0 saturated heterocycles. The van der Waals surface area contributed by atoms with Gasteiger partial charge in [0.1, 0.15) is 16.6 Å². The molecule has 2 amide bonds. The molecule has 6 nitrogen and oxygen atoms in total. The molecule has 2 rings (SSSR count). The first-order valence-electron chi connectivity index (χ1n) is 7.85. The van der Waals surface area contributed by atoms with E-state index < -0.39 is 17.5 Å². The van der Waals surface area contributed by atoms with Crippen molar-refractivity contribution < 1.29 is 18.4 Å².